The van der Waals surface area contributed by atoms with Crippen molar-refractivity contribution in [1.29, 1.82) is 0 Å². The minimum absolute atomic E-state index is 0.122. The van der Waals surface area contributed by atoms with E-state index >= 15 is 0 Å². The number of furan rings is 1. The van der Waals surface area contributed by atoms with Gasteiger partial charge in [0.15, 0.2) is 5.76 Å². The van der Waals surface area contributed by atoms with E-state index in [0.29, 0.717) is 40.3 Å². The zero-order chi connectivity index (χ0) is 21.3. The number of halogens is 1. The number of nitrogens with one attached hydrogen (secondary N) is 1. The van der Waals surface area contributed by atoms with Crippen LogP contribution in [0.25, 0.3) is 11.0 Å². The Labute approximate surface area is 175 Å². The zero-order valence-corrected chi connectivity index (χ0v) is 18.3. The van der Waals surface area contributed by atoms with Crippen molar-refractivity contribution in [3.05, 3.63) is 58.3 Å². The van der Waals surface area contributed by atoms with Crippen LogP contribution < -0.4 is 5.32 Å². The average molecular weight is 435 g/mol. The normalized spacial score (nSPS) is 11.9. The highest BCUT2D eigenvalue weighted by Gasteiger charge is 2.24. The number of hydrogen-bond donors (Lipinski definition) is 1. The molecule has 1 aromatic heterocycles. The lowest BCUT2D eigenvalue weighted by Crippen LogP contribution is -2.30. The molecule has 0 fully saturated rings. The molecule has 0 aliphatic rings. The van der Waals surface area contributed by atoms with Gasteiger partial charge in [-0.2, -0.15) is 4.31 Å². The van der Waals surface area contributed by atoms with Crippen LogP contribution in [0.3, 0.4) is 0 Å². The molecule has 0 aliphatic heterocycles. The molecule has 1 amide bonds. The van der Waals surface area contributed by atoms with Crippen LogP contribution in [0, 0.1) is 13.8 Å². The fourth-order valence-corrected chi connectivity index (χ4v) is 5.00. The fourth-order valence-electron chi connectivity index (χ4n) is 3.25. The summed E-state index contributed by atoms with van der Waals surface area (Å²) in [5, 5.41) is 3.80. The molecule has 8 heteroatoms. The maximum atomic E-state index is 12.8. The molecule has 0 radical (unpaired) electrons. The Balaban J connectivity index is 2.01. The Morgan fingerprint density at radius 3 is 2.45 bits per heavy atom. The summed E-state index contributed by atoms with van der Waals surface area (Å²) in [7, 11) is -3.61. The van der Waals surface area contributed by atoms with Gasteiger partial charge in [0.2, 0.25) is 10.0 Å². The van der Waals surface area contributed by atoms with Gasteiger partial charge in [0.1, 0.15) is 5.58 Å². The SMILES string of the molecule is CCN(CC)S(=O)(=O)c1ccc2oc(C(=O)Nc3c(C)cccc3Cl)c(C)c2c1. The van der Waals surface area contributed by atoms with Crippen LogP contribution >= 0.6 is 11.6 Å². The molecule has 0 aliphatic carbocycles. The van der Waals surface area contributed by atoms with Gasteiger partial charge in [-0.15, -0.1) is 0 Å². The number of amides is 1. The lowest BCUT2D eigenvalue weighted by atomic mass is 10.1. The molecule has 0 unspecified atom stereocenters. The van der Waals surface area contributed by atoms with Gasteiger partial charge in [-0.25, -0.2) is 8.42 Å². The first-order valence-corrected chi connectivity index (χ1v) is 11.1. The van der Waals surface area contributed by atoms with Crippen LogP contribution in [0.2, 0.25) is 5.02 Å². The third-order valence-electron chi connectivity index (χ3n) is 4.92. The largest absolute Gasteiger partial charge is 0.451 e. The summed E-state index contributed by atoms with van der Waals surface area (Å²) >= 11 is 6.19. The fraction of sp³-hybridized carbons (Fsp3) is 0.286. The number of aryl methyl sites for hydroxylation is 2. The third-order valence-corrected chi connectivity index (χ3v) is 7.28. The Morgan fingerprint density at radius 2 is 1.83 bits per heavy atom. The van der Waals surface area contributed by atoms with E-state index in [4.69, 9.17) is 16.0 Å². The van der Waals surface area contributed by atoms with Crippen molar-refractivity contribution >= 4 is 44.2 Å². The monoisotopic (exact) mass is 434 g/mol. The van der Waals surface area contributed by atoms with Crippen molar-refractivity contribution in [1.82, 2.24) is 4.31 Å². The van der Waals surface area contributed by atoms with Crippen molar-refractivity contribution in [3.63, 3.8) is 0 Å². The number of rotatable bonds is 6. The van der Waals surface area contributed by atoms with Crippen LogP contribution in [0.5, 0.6) is 0 Å². The highest BCUT2D eigenvalue weighted by molar-refractivity contribution is 7.89. The number of benzene rings is 2. The lowest BCUT2D eigenvalue weighted by Gasteiger charge is -2.18. The Morgan fingerprint density at radius 1 is 1.14 bits per heavy atom. The maximum absolute atomic E-state index is 12.8. The second-order valence-electron chi connectivity index (χ2n) is 6.69. The van der Waals surface area contributed by atoms with Crippen LogP contribution in [-0.4, -0.2) is 31.7 Å². The number of para-hydroxylation sites is 1. The van der Waals surface area contributed by atoms with Gasteiger partial charge in [-0.3, -0.25) is 4.79 Å². The van der Waals surface area contributed by atoms with Gasteiger partial charge in [0, 0.05) is 24.0 Å². The first-order valence-electron chi connectivity index (χ1n) is 9.30. The van der Waals surface area contributed by atoms with E-state index in [-0.39, 0.29) is 10.7 Å². The number of anilines is 1. The molecule has 3 rings (SSSR count). The Hall–Kier alpha value is -2.35. The Bertz CT molecular complexity index is 1160. The summed E-state index contributed by atoms with van der Waals surface area (Å²) in [6.07, 6.45) is 0. The van der Waals surface area contributed by atoms with Crippen LogP contribution in [-0.2, 0) is 10.0 Å². The topological polar surface area (TPSA) is 79.6 Å². The molecule has 0 saturated carbocycles. The van der Waals surface area contributed by atoms with Crippen molar-refractivity contribution < 1.29 is 17.6 Å². The summed E-state index contributed by atoms with van der Waals surface area (Å²) in [4.78, 5) is 13.0. The molecule has 6 nitrogen and oxygen atoms in total. The second kappa shape index (κ2) is 8.18. The smallest absolute Gasteiger partial charge is 0.291 e. The average Bonchev–Trinajstić information content (AvgIpc) is 3.02. The van der Waals surface area contributed by atoms with E-state index in [9.17, 15) is 13.2 Å². The van der Waals surface area contributed by atoms with Crippen LogP contribution in [0.4, 0.5) is 5.69 Å². The van der Waals surface area contributed by atoms with Gasteiger partial charge in [-0.1, -0.05) is 37.6 Å². The molecule has 154 valence electrons. The molecule has 1 heterocycles. The lowest BCUT2D eigenvalue weighted by molar-refractivity contribution is 0.0998. The van der Waals surface area contributed by atoms with E-state index in [0.717, 1.165) is 5.56 Å². The predicted molar refractivity (Wildman–Crippen MR) is 115 cm³/mol. The third kappa shape index (κ3) is 3.90. The molecule has 29 heavy (non-hydrogen) atoms. The van der Waals surface area contributed by atoms with E-state index < -0.39 is 15.9 Å². The van der Waals surface area contributed by atoms with Crippen LogP contribution in [0.15, 0.2) is 45.7 Å². The first-order chi connectivity index (χ1) is 13.7. The van der Waals surface area contributed by atoms with E-state index in [1.54, 1.807) is 45.0 Å². The number of carbonyl (C=O) groups excluding carboxylic acids is 1. The minimum Gasteiger partial charge on any atom is -0.451 e. The minimum atomic E-state index is -3.61. The summed E-state index contributed by atoms with van der Waals surface area (Å²) in [5.74, 6) is -0.320. The van der Waals surface area contributed by atoms with E-state index in [1.807, 2.05) is 13.0 Å². The highest BCUT2D eigenvalue weighted by atomic mass is 35.5. The summed E-state index contributed by atoms with van der Waals surface area (Å²) in [6.45, 7) is 7.92. The van der Waals surface area contributed by atoms with Gasteiger partial charge in [0.25, 0.3) is 5.91 Å². The second-order valence-corrected chi connectivity index (χ2v) is 9.03. The molecule has 0 spiro atoms. The molecular formula is C21H23ClN2O4S. The number of sulfonamides is 1. The maximum Gasteiger partial charge on any atom is 0.291 e. The van der Waals surface area contributed by atoms with E-state index in [2.05, 4.69) is 5.32 Å². The van der Waals surface area contributed by atoms with Gasteiger partial charge in [-0.05, 0) is 43.7 Å². The molecule has 0 atom stereocenters. The quantitative estimate of drug-likeness (QED) is 0.592. The van der Waals surface area contributed by atoms with E-state index in [1.165, 1.54) is 10.4 Å². The highest BCUT2D eigenvalue weighted by Crippen LogP contribution is 2.31. The number of fused-ring (bicyclic) bond motifs is 1. The van der Waals surface area contributed by atoms with Crippen molar-refractivity contribution in [2.45, 2.75) is 32.6 Å². The van der Waals surface area contributed by atoms with Gasteiger partial charge in [0.05, 0.1) is 15.6 Å². The number of carbonyl (C=O) groups is 1. The number of nitrogens with zero attached hydrogens (tertiary/aromatic N) is 1. The van der Waals surface area contributed by atoms with Crippen molar-refractivity contribution in [2.75, 3.05) is 18.4 Å². The standard InChI is InChI=1S/C21H23ClN2O4S/c1-5-24(6-2)29(26,27)15-10-11-18-16(12-15)14(4)20(28-18)21(25)23-19-13(3)8-7-9-17(19)22/h7-12H,5-6H2,1-4H3,(H,23,25). The summed E-state index contributed by atoms with van der Waals surface area (Å²) < 4.78 is 32.7. The molecule has 0 saturated heterocycles. The first kappa shape index (κ1) is 21.4. The van der Waals surface area contributed by atoms with Crippen molar-refractivity contribution in [2.24, 2.45) is 0 Å². The molecular weight excluding hydrogens is 412 g/mol. The molecule has 0 bridgehead atoms. The van der Waals surface area contributed by atoms with Crippen LogP contribution in [0.1, 0.15) is 35.5 Å². The predicted octanol–water partition coefficient (Wildman–Crippen LogP) is 4.99. The van der Waals surface area contributed by atoms with Crippen molar-refractivity contribution in [3.8, 4) is 0 Å². The zero-order valence-electron chi connectivity index (χ0n) is 16.7. The molecule has 3 aromatic rings. The molecule has 2 aromatic carbocycles. The summed E-state index contributed by atoms with van der Waals surface area (Å²) in [6, 6.07) is 9.98. The van der Waals surface area contributed by atoms with Gasteiger partial charge >= 0.3 is 0 Å². The molecule has 1 N–H and O–H groups in total. The number of hydrogen-bond acceptors (Lipinski definition) is 4. The van der Waals surface area contributed by atoms with Gasteiger partial charge < -0.3 is 9.73 Å². The summed E-state index contributed by atoms with van der Waals surface area (Å²) in [5.41, 5.74) is 2.36. The Kier molecular flexibility index (Phi) is 6.03.